The van der Waals surface area contributed by atoms with E-state index >= 15 is 0 Å². The van der Waals surface area contributed by atoms with Gasteiger partial charge in [0, 0.05) is 35.2 Å². The third kappa shape index (κ3) is 2.53. The topological polar surface area (TPSA) is 46.2 Å². The van der Waals surface area contributed by atoms with Gasteiger partial charge in [0.25, 0.3) is 5.78 Å². The Kier molecular flexibility index (Phi) is 4.01. The number of carbonyl (C=O) groups excluding carboxylic acids is 2. The Morgan fingerprint density at radius 1 is 1.24 bits per heavy atom. The minimum Gasteiger partial charge on any atom is -0.325 e. The molecule has 1 N–H and O–H groups in total. The first-order chi connectivity index (χ1) is 7.41. The number of ketones is 1. The molecule has 1 radical (unpaired) electrons. The van der Waals surface area contributed by atoms with Gasteiger partial charge in [0.15, 0.2) is 0 Å². The summed E-state index contributed by atoms with van der Waals surface area (Å²) in [6, 6.07) is 5.84. The van der Waals surface area contributed by atoms with Crippen molar-refractivity contribution in [3.8, 4) is 0 Å². The number of rotatable bonds is 1. The molecule has 1 aliphatic heterocycles. The van der Waals surface area contributed by atoms with Crippen LogP contribution in [0.5, 0.6) is 0 Å². The van der Waals surface area contributed by atoms with Gasteiger partial charge in [0.1, 0.15) is 5.92 Å². The number of hydrogen-bond donors (Lipinski definition) is 1. The first-order valence-electron chi connectivity index (χ1n) is 4.42. The second-order valence-electron chi connectivity index (χ2n) is 3.37. The van der Waals surface area contributed by atoms with E-state index in [4.69, 9.17) is 0 Å². The van der Waals surface area contributed by atoms with Crippen molar-refractivity contribution in [2.45, 2.75) is 12.1 Å². The number of alkyl halides is 3. The number of para-hydroxylation sites is 1. The third-order valence-electron chi connectivity index (χ3n) is 2.33. The van der Waals surface area contributed by atoms with Crippen LogP contribution in [0.15, 0.2) is 24.3 Å². The normalized spacial score (nSPS) is 18.1. The standard InChI is InChI=1S/C10H6F3NO2.Na/c11-10(12,13)8(15)7-5-3-1-2-4-6(5)14-9(7)16;/h1-4,7H,(H,14,16);. The van der Waals surface area contributed by atoms with Gasteiger partial charge in [0.05, 0.1) is 0 Å². The predicted molar refractivity (Wildman–Crippen MR) is 54.6 cm³/mol. The van der Waals surface area contributed by atoms with E-state index in [0.29, 0.717) is 0 Å². The first kappa shape index (κ1) is 14.2. The molecule has 2 rings (SSSR count). The molecule has 0 aromatic heterocycles. The smallest absolute Gasteiger partial charge is 0.325 e. The molecule has 85 valence electrons. The molecule has 1 unspecified atom stereocenters. The molecule has 0 saturated heterocycles. The number of hydrogen-bond acceptors (Lipinski definition) is 2. The number of fused-ring (bicyclic) bond motifs is 1. The van der Waals surface area contributed by atoms with Gasteiger partial charge in [-0.3, -0.25) is 9.59 Å². The number of nitrogens with one attached hydrogen (secondary N) is 1. The fourth-order valence-corrected chi connectivity index (χ4v) is 1.63. The van der Waals surface area contributed by atoms with Crippen LogP contribution in [-0.4, -0.2) is 47.4 Å². The van der Waals surface area contributed by atoms with Gasteiger partial charge in [-0.2, -0.15) is 13.2 Å². The zero-order valence-corrected chi connectivity index (χ0v) is 10.8. The maximum Gasteiger partial charge on any atom is 0.451 e. The Balaban J connectivity index is 0.00000144. The first-order valence-corrected chi connectivity index (χ1v) is 4.42. The van der Waals surface area contributed by atoms with Crippen LogP contribution in [-0.2, 0) is 9.59 Å². The van der Waals surface area contributed by atoms with Crippen LogP contribution in [0.2, 0.25) is 0 Å². The Hall–Kier alpha value is -0.850. The zero-order valence-electron chi connectivity index (χ0n) is 8.84. The molecule has 1 aliphatic rings. The summed E-state index contributed by atoms with van der Waals surface area (Å²) >= 11 is 0. The summed E-state index contributed by atoms with van der Waals surface area (Å²) in [7, 11) is 0. The van der Waals surface area contributed by atoms with Gasteiger partial charge >= 0.3 is 6.18 Å². The Morgan fingerprint density at radius 2 is 1.82 bits per heavy atom. The van der Waals surface area contributed by atoms with E-state index < -0.39 is 23.8 Å². The molecule has 0 saturated carbocycles. The van der Waals surface area contributed by atoms with Crippen molar-refractivity contribution in [1.29, 1.82) is 0 Å². The van der Waals surface area contributed by atoms with Crippen LogP contribution in [0.1, 0.15) is 11.5 Å². The van der Waals surface area contributed by atoms with Crippen LogP contribution in [0.4, 0.5) is 18.9 Å². The SMILES string of the molecule is O=C1Nc2ccccc2C1C(=O)C(F)(F)F.[Na]. The second-order valence-corrected chi connectivity index (χ2v) is 3.37. The molecule has 0 aliphatic carbocycles. The molecule has 1 aromatic rings. The van der Waals surface area contributed by atoms with Crippen LogP contribution < -0.4 is 5.32 Å². The molecule has 7 heteroatoms. The van der Waals surface area contributed by atoms with Gasteiger partial charge in [-0.05, 0) is 11.6 Å². The number of benzene rings is 1. The third-order valence-corrected chi connectivity index (χ3v) is 2.33. The molecule has 0 spiro atoms. The maximum atomic E-state index is 12.2. The summed E-state index contributed by atoms with van der Waals surface area (Å²) in [6.45, 7) is 0. The van der Waals surface area contributed by atoms with Gasteiger partial charge in [-0.25, -0.2) is 0 Å². The van der Waals surface area contributed by atoms with E-state index in [9.17, 15) is 22.8 Å². The number of amides is 1. The monoisotopic (exact) mass is 252 g/mol. The molecule has 3 nitrogen and oxygen atoms in total. The van der Waals surface area contributed by atoms with Crippen molar-refractivity contribution in [2.24, 2.45) is 0 Å². The van der Waals surface area contributed by atoms with E-state index in [1.54, 1.807) is 6.07 Å². The van der Waals surface area contributed by atoms with Crippen LogP contribution >= 0.6 is 0 Å². The van der Waals surface area contributed by atoms with E-state index in [1.807, 2.05) is 0 Å². The summed E-state index contributed by atoms with van der Waals surface area (Å²) in [5.41, 5.74) is 0.338. The van der Waals surface area contributed by atoms with Crippen molar-refractivity contribution in [3.05, 3.63) is 29.8 Å². The number of anilines is 1. The molecular weight excluding hydrogens is 246 g/mol. The van der Waals surface area contributed by atoms with Gasteiger partial charge in [-0.1, -0.05) is 18.2 Å². The molecule has 0 bridgehead atoms. The predicted octanol–water partition coefficient (Wildman–Crippen LogP) is 1.47. The fourth-order valence-electron chi connectivity index (χ4n) is 1.63. The molecule has 1 aromatic carbocycles. The number of carbonyl (C=O) groups is 2. The Bertz CT molecular complexity index is 473. The van der Waals surface area contributed by atoms with Gasteiger partial charge in [-0.15, -0.1) is 0 Å². The van der Waals surface area contributed by atoms with Crippen LogP contribution in [0.3, 0.4) is 0 Å². The largest absolute Gasteiger partial charge is 0.451 e. The quantitative estimate of drug-likeness (QED) is 0.607. The fraction of sp³-hybridized carbons (Fsp3) is 0.200. The summed E-state index contributed by atoms with van der Waals surface area (Å²) in [4.78, 5) is 22.3. The summed E-state index contributed by atoms with van der Waals surface area (Å²) in [5.74, 6) is -4.73. The maximum absolute atomic E-state index is 12.2. The molecular formula is C10H6F3NNaO2. The van der Waals surface area contributed by atoms with Crippen LogP contribution in [0, 0.1) is 0 Å². The Labute approximate surface area is 117 Å². The molecule has 17 heavy (non-hydrogen) atoms. The molecule has 0 fully saturated rings. The van der Waals surface area contributed by atoms with E-state index in [1.165, 1.54) is 18.2 Å². The van der Waals surface area contributed by atoms with Crippen molar-refractivity contribution in [3.63, 3.8) is 0 Å². The average Bonchev–Trinajstić information content (AvgIpc) is 2.51. The molecule has 1 amide bonds. The van der Waals surface area contributed by atoms with E-state index in [0.717, 1.165) is 0 Å². The number of halogens is 3. The number of Topliss-reactive ketones (excluding diaryl/α,β-unsaturated/α-hetero) is 1. The van der Waals surface area contributed by atoms with Crippen molar-refractivity contribution in [2.75, 3.05) is 5.32 Å². The summed E-state index contributed by atoms with van der Waals surface area (Å²) in [5, 5.41) is 2.24. The van der Waals surface area contributed by atoms with E-state index in [2.05, 4.69) is 5.32 Å². The van der Waals surface area contributed by atoms with Gasteiger partial charge in [0.2, 0.25) is 5.91 Å². The van der Waals surface area contributed by atoms with Crippen molar-refractivity contribution in [1.82, 2.24) is 0 Å². The zero-order chi connectivity index (χ0) is 11.9. The van der Waals surface area contributed by atoms with Crippen LogP contribution in [0.25, 0.3) is 0 Å². The minimum atomic E-state index is -5.00. The second kappa shape index (κ2) is 4.80. The van der Waals surface area contributed by atoms with E-state index in [-0.39, 0.29) is 40.8 Å². The van der Waals surface area contributed by atoms with Gasteiger partial charge < -0.3 is 5.32 Å². The van der Waals surface area contributed by atoms with Crippen molar-refractivity contribution < 1.29 is 22.8 Å². The molecule has 1 atom stereocenters. The summed E-state index contributed by atoms with van der Waals surface area (Å²) < 4.78 is 36.7. The average molecular weight is 252 g/mol. The van der Waals surface area contributed by atoms with Crippen molar-refractivity contribution >= 4 is 46.9 Å². The Morgan fingerprint density at radius 3 is 2.41 bits per heavy atom. The summed E-state index contributed by atoms with van der Waals surface area (Å²) in [6.07, 6.45) is -5.00. The minimum absolute atomic E-state index is 0. The molecule has 1 heterocycles.